The largest absolute Gasteiger partial charge is 0.459 e. The Labute approximate surface area is 411 Å². The number of benzene rings is 2. The predicted molar refractivity (Wildman–Crippen MR) is 267 cm³/mol. The second kappa shape index (κ2) is 26.4. The summed E-state index contributed by atoms with van der Waals surface area (Å²) in [5, 5.41) is 27.9. The number of allylic oxidation sites excluding steroid dienone is 1. The van der Waals surface area contributed by atoms with E-state index in [1.165, 1.54) is 44.9 Å². The fraction of sp³-hybridized carbons (Fsp3) is 0.655. The summed E-state index contributed by atoms with van der Waals surface area (Å²) in [7, 11) is 0. The Morgan fingerprint density at radius 2 is 1.58 bits per heavy atom. The van der Waals surface area contributed by atoms with E-state index >= 15 is 0 Å². The van der Waals surface area contributed by atoms with E-state index in [4.69, 9.17) is 38.4 Å². The lowest BCUT2D eigenvalue weighted by atomic mass is 9.55. The predicted octanol–water partition coefficient (Wildman–Crippen LogP) is 11.5. The second-order valence-corrected chi connectivity index (χ2v) is 20.0. The van der Waals surface area contributed by atoms with Crippen molar-refractivity contribution in [3.05, 3.63) is 71.8 Å². The van der Waals surface area contributed by atoms with Crippen LogP contribution in [-0.2, 0) is 20.9 Å². The van der Waals surface area contributed by atoms with Gasteiger partial charge >= 0.3 is 12.2 Å². The third-order valence-corrected chi connectivity index (χ3v) is 13.8. The first-order valence-electron chi connectivity index (χ1n) is 26.0. The summed E-state index contributed by atoms with van der Waals surface area (Å²) in [5.41, 5.74) is 2.55. The molecule has 6 rings (SSSR count). The van der Waals surface area contributed by atoms with Gasteiger partial charge in [-0.15, -0.1) is 6.58 Å². The highest BCUT2D eigenvalue weighted by Gasteiger charge is 2.66. The summed E-state index contributed by atoms with van der Waals surface area (Å²) < 4.78 is 37.8. The third-order valence-electron chi connectivity index (χ3n) is 13.8. The summed E-state index contributed by atoms with van der Waals surface area (Å²) in [5.74, 6) is -0.246. The van der Waals surface area contributed by atoms with Crippen molar-refractivity contribution < 1.29 is 53.1 Å². The van der Waals surface area contributed by atoms with E-state index in [2.05, 4.69) is 24.9 Å². The molecule has 14 nitrogen and oxygen atoms in total. The molecule has 2 aliphatic carbocycles. The maximum Gasteiger partial charge on any atom is 0.412 e. The topological polar surface area (TPSA) is 167 Å². The van der Waals surface area contributed by atoms with Crippen LogP contribution in [0.1, 0.15) is 161 Å². The van der Waals surface area contributed by atoms with Crippen LogP contribution in [-0.4, -0.2) is 90.2 Å². The van der Waals surface area contributed by atoms with Crippen LogP contribution >= 0.6 is 0 Å². The van der Waals surface area contributed by atoms with Gasteiger partial charge in [0, 0.05) is 44.2 Å². The Balaban J connectivity index is 1.41. The van der Waals surface area contributed by atoms with Crippen molar-refractivity contribution in [2.45, 2.75) is 174 Å². The number of nitrogens with one attached hydrogen (secondary N) is 1. The van der Waals surface area contributed by atoms with Gasteiger partial charge in [0.15, 0.2) is 11.5 Å². The van der Waals surface area contributed by atoms with Crippen LogP contribution in [0.2, 0.25) is 0 Å². The first-order valence-corrected chi connectivity index (χ1v) is 26.0. The van der Waals surface area contributed by atoms with Gasteiger partial charge in [0.2, 0.25) is 12.6 Å². The molecule has 6 atom stereocenters. The molecule has 3 N–H and O–H groups in total. The van der Waals surface area contributed by atoms with E-state index < -0.39 is 35.5 Å². The van der Waals surface area contributed by atoms with Gasteiger partial charge in [0.05, 0.1) is 24.8 Å². The number of oxime groups is 1. The number of unbranched alkanes of at least 4 members (excludes halogenated alkanes) is 11. The number of nitrogens with zero attached hydrogens (tertiary/aromatic N) is 2. The number of aliphatic hydroxyl groups excluding tert-OH is 2. The fourth-order valence-corrected chi connectivity index (χ4v) is 10.6. The Morgan fingerprint density at radius 3 is 2.28 bits per heavy atom. The number of amides is 2. The molecule has 0 aromatic heterocycles. The van der Waals surface area contributed by atoms with Crippen LogP contribution < -0.4 is 24.3 Å². The van der Waals surface area contributed by atoms with E-state index in [1.54, 1.807) is 24.0 Å². The minimum atomic E-state index is -1.51. The number of hydrogen-bond acceptors (Lipinski definition) is 12. The number of carbonyl (C=O) groups is 2. The molecule has 382 valence electrons. The van der Waals surface area contributed by atoms with Crippen molar-refractivity contribution in [2.75, 3.05) is 39.8 Å². The molecule has 0 saturated heterocycles. The van der Waals surface area contributed by atoms with Crippen molar-refractivity contribution in [2.24, 2.45) is 22.9 Å². The monoisotopic (exact) mass is 960 g/mol. The highest BCUT2D eigenvalue weighted by Crippen LogP contribution is 2.62. The number of fused-ring (bicyclic) bond motifs is 3. The molecule has 4 aliphatic rings. The summed E-state index contributed by atoms with van der Waals surface area (Å²) in [6, 6.07) is 10.3. The first kappa shape index (κ1) is 53.6. The summed E-state index contributed by atoms with van der Waals surface area (Å²) in [4.78, 5) is 35.9. The molecule has 0 spiro atoms. The molecule has 2 aromatic rings. The molecule has 0 bridgehead atoms. The molecule has 1 saturated carbocycles. The van der Waals surface area contributed by atoms with Gasteiger partial charge in [0.25, 0.3) is 0 Å². The van der Waals surface area contributed by atoms with E-state index in [1.807, 2.05) is 51.1 Å². The Bertz CT molecular complexity index is 2030. The summed E-state index contributed by atoms with van der Waals surface area (Å²) >= 11 is 0. The van der Waals surface area contributed by atoms with Crippen molar-refractivity contribution in [1.82, 2.24) is 10.2 Å². The maximum absolute atomic E-state index is 14.6. The first-order chi connectivity index (χ1) is 33.5. The third kappa shape index (κ3) is 14.2. The van der Waals surface area contributed by atoms with Crippen LogP contribution in [0.15, 0.2) is 65.9 Å². The lowest BCUT2D eigenvalue weighted by Gasteiger charge is -2.60. The minimum absolute atomic E-state index is 0.0211. The number of ether oxygens (including phenoxy) is 6. The van der Waals surface area contributed by atoms with Gasteiger partial charge in [0.1, 0.15) is 23.1 Å². The zero-order valence-corrected chi connectivity index (χ0v) is 42.1. The Kier molecular flexibility index (Phi) is 20.5. The summed E-state index contributed by atoms with van der Waals surface area (Å²) in [6.07, 6.45) is 19.6. The molecule has 2 amide bonds. The number of aliphatic hydroxyl groups is 2. The lowest BCUT2D eigenvalue weighted by molar-refractivity contribution is -0.256. The molecule has 0 radical (unpaired) electrons. The van der Waals surface area contributed by atoms with E-state index in [9.17, 15) is 19.8 Å². The average Bonchev–Trinajstić information content (AvgIpc) is 3.80. The number of rotatable bonds is 28. The molecule has 1 fully saturated rings. The van der Waals surface area contributed by atoms with Crippen LogP contribution in [0, 0.1) is 17.8 Å². The fourth-order valence-electron chi connectivity index (χ4n) is 10.6. The number of hydrogen-bond donors (Lipinski definition) is 3. The van der Waals surface area contributed by atoms with Crippen LogP contribution in [0.5, 0.6) is 23.0 Å². The van der Waals surface area contributed by atoms with Gasteiger partial charge in [-0.3, -0.25) is 4.90 Å². The lowest BCUT2D eigenvalue weighted by Crippen LogP contribution is -2.70. The van der Waals surface area contributed by atoms with Gasteiger partial charge in [-0.2, -0.15) is 0 Å². The SMILES string of the molecule is C=CCOC12Oc3ccc(OC(=O)NCCCCCCCCCCCC)cc3C3C(CCCCO)C(CCCCO)C=C(C(=NOC(C)(C)C)CC1N(Cc1ccc4c(c1)OCO4)C(=O)OCC)C32. The van der Waals surface area contributed by atoms with Gasteiger partial charge in [-0.25, -0.2) is 9.59 Å². The molecule has 14 heteroatoms. The molecular weight excluding hydrogens is 879 g/mol. The van der Waals surface area contributed by atoms with Crippen molar-refractivity contribution >= 4 is 17.9 Å². The van der Waals surface area contributed by atoms with Crippen LogP contribution in [0.3, 0.4) is 0 Å². The van der Waals surface area contributed by atoms with Crippen molar-refractivity contribution in [1.29, 1.82) is 0 Å². The molecular formula is C55H81N3O11. The van der Waals surface area contributed by atoms with Crippen molar-refractivity contribution in [3.8, 4) is 23.0 Å². The van der Waals surface area contributed by atoms with Gasteiger partial charge in [-0.05, 0) is 113 Å². The maximum atomic E-state index is 14.6. The highest BCUT2D eigenvalue weighted by atomic mass is 16.7. The van der Waals surface area contributed by atoms with E-state index in [-0.39, 0.29) is 63.9 Å². The highest BCUT2D eigenvalue weighted by molar-refractivity contribution is 6.03. The number of carbonyl (C=O) groups excluding carboxylic acids is 2. The molecule has 6 unspecified atom stereocenters. The average molecular weight is 960 g/mol. The zero-order chi connectivity index (χ0) is 49.2. The van der Waals surface area contributed by atoms with E-state index in [0.29, 0.717) is 48.1 Å². The summed E-state index contributed by atoms with van der Waals surface area (Å²) in [6.45, 7) is 15.0. The Hall–Kier alpha value is -4.79. The van der Waals surface area contributed by atoms with Crippen LogP contribution in [0.25, 0.3) is 0 Å². The molecule has 2 aliphatic heterocycles. The molecule has 2 aromatic carbocycles. The smallest absolute Gasteiger partial charge is 0.412 e. The van der Waals surface area contributed by atoms with Gasteiger partial charge < -0.3 is 48.8 Å². The Morgan fingerprint density at radius 1 is 0.884 bits per heavy atom. The minimum Gasteiger partial charge on any atom is -0.459 e. The standard InChI is InChI=1S/C55H81N3O11/c1-7-10-11-12-13-14-15-16-17-20-29-56-52(61)67-41-26-28-46-44(35-41)50-42(24-19-22-31-60)40(23-18-21-30-59)34-43-45(57-69-54(4,5)6)36-49(55(68-46,51(43)50)66-32-8-2)58(53(62)63-9-3)37-39-25-27-47-48(33-39)65-38-64-47/h8,25-28,33-35,40,42,49-51,59-60H,2,7,9-24,29-32,36-38H2,1,3-6H3,(H,56,61). The zero-order valence-electron chi connectivity index (χ0n) is 42.1. The normalized spacial score (nSPS) is 22.7. The van der Waals surface area contributed by atoms with E-state index in [0.717, 1.165) is 61.6 Å². The molecule has 2 heterocycles. The molecule has 69 heavy (non-hydrogen) atoms. The second-order valence-electron chi connectivity index (χ2n) is 20.0. The quantitative estimate of drug-likeness (QED) is 0.0422. The van der Waals surface area contributed by atoms with Crippen LogP contribution in [0.4, 0.5) is 9.59 Å². The van der Waals surface area contributed by atoms with Crippen molar-refractivity contribution in [3.63, 3.8) is 0 Å². The van der Waals surface area contributed by atoms with Gasteiger partial charge in [-0.1, -0.05) is 101 Å².